The average molecular weight is 421 g/mol. The standard InChI is InChI=1S/C23H24N4O2S/c1-4-29-19-7-5-8-20-21(19)25-23(30-20)27(14-13-26-12-6-11-24-26)22(28)18-10-9-16(2)15-17(18)3/h5-12,15H,4,13-14H2,1-3H3. The number of carbonyl (C=O) groups is 1. The van der Waals surface area contributed by atoms with Crippen molar-refractivity contribution in [2.24, 2.45) is 0 Å². The van der Waals surface area contributed by atoms with E-state index in [9.17, 15) is 4.79 Å². The normalized spacial score (nSPS) is 11.0. The number of nitrogens with zero attached hydrogens (tertiary/aromatic N) is 4. The number of rotatable bonds is 7. The first-order valence-electron chi connectivity index (χ1n) is 9.95. The molecule has 1 amide bonds. The largest absolute Gasteiger partial charge is 0.492 e. The van der Waals surface area contributed by atoms with Crippen molar-refractivity contribution in [3.05, 3.63) is 71.5 Å². The predicted octanol–water partition coefficient (Wildman–Crippen LogP) is 4.86. The van der Waals surface area contributed by atoms with E-state index in [2.05, 4.69) is 5.10 Å². The number of aromatic nitrogens is 3. The number of anilines is 1. The summed E-state index contributed by atoms with van der Waals surface area (Å²) in [6.45, 7) is 7.56. The third-order valence-corrected chi connectivity index (χ3v) is 5.91. The summed E-state index contributed by atoms with van der Waals surface area (Å²) < 4.78 is 8.55. The molecule has 2 aromatic heterocycles. The van der Waals surface area contributed by atoms with Gasteiger partial charge in [-0.25, -0.2) is 4.98 Å². The third kappa shape index (κ3) is 4.07. The number of benzene rings is 2. The molecule has 0 aliphatic rings. The van der Waals surface area contributed by atoms with E-state index in [1.807, 2.05) is 74.1 Å². The van der Waals surface area contributed by atoms with E-state index in [1.165, 1.54) is 11.3 Å². The van der Waals surface area contributed by atoms with Gasteiger partial charge in [-0.05, 0) is 50.6 Å². The van der Waals surface area contributed by atoms with E-state index in [1.54, 1.807) is 11.1 Å². The van der Waals surface area contributed by atoms with Gasteiger partial charge in [0.25, 0.3) is 5.91 Å². The number of hydrogen-bond acceptors (Lipinski definition) is 5. The van der Waals surface area contributed by atoms with Gasteiger partial charge in [0.1, 0.15) is 11.3 Å². The molecular formula is C23H24N4O2S. The molecule has 0 spiro atoms. The summed E-state index contributed by atoms with van der Waals surface area (Å²) in [4.78, 5) is 20.1. The zero-order chi connectivity index (χ0) is 21.1. The van der Waals surface area contributed by atoms with E-state index in [0.29, 0.717) is 30.4 Å². The van der Waals surface area contributed by atoms with Gasteiger partial charge in [-0.3, -0.25) is 14.4 Å². The lowest BCUT2D eigenvalue weighted by molar-refractivity contribution is 0.0985. The van der Waals surface area contributed by atoms with Crippen molar-refractivity contribution in [3.8, 4) is 5.75 Å². The van der Waals surface area contributed by atoms with Crippen LogP contribution in [-0.4, -0.2) is 33.8 Å². The maximum atomic E-state index is 13.6. The van der Waals surface area contributed by atoms with Crippen LogP contribution in [-0.2, 0) is 6.54 Å². The van der Waals surface area contributed by atoms with Crippen molar-refractivity contribution in [1.82, 2.24) is 14.8 Å². The van der Waals surface area contributed by atoms with Crippen molar-refractivity contribution >= 4 is 32.6 Å². The summed E-state index contributed by atoms with van der Waals surface area (Å²) in [5, 5.41) is 4.93. The molecule has 7 heteroatoms. The minimum Gasteiger partial charge on any atom is -0.492 e. The van der Waals surface area contributed by atoms with Gasteiger partial charge < -0.3 is 4.74 Å². The molecule has 30 heavy (non-hydrogen) atoms. The van der Waals surface area contributed by atoms with Crippen LogP contribution in [0, 0.1) is 13.8 Å². The molecule has 0 bridgehead atoms. The predicted molar refractivity (Wildman–Crippen MR) is 121 cm³/mol. The van der Waals surface area contributed by atoms with E-state index in [-0.39, 0.29) is 5.91 Å². The van der Waals surface area contributed by atoms with Crippen molar-refractivity contribution in [1.29, 1.82) is 0 Å². The van der Waals surface area contributed by atoms with Crippen molar-refractivity contribution in [2.45, 2.75) is 27.3 Å². The molecule has 2 aromatic carbocycles. The SMILES string of the molecule is CCOc1cccc2sc(N(CCn3cccn3)C(=O)c3ccc(C)cc3C)nc12. The van der Waals surface area contributed by atoms with E-state index < -0.39 is 0 Å². The molecule has 0 atom stereocenters. The van der Waals surface area contributed by atoms with Crippen LogP contribution in [0.3, 0.4) is 0 Å². The van der Waals surface area contributed by atoms with Crippen LogP contribution >= 0.6 is 11.3 Å². The van der Waals surface area contributed by atoms with Gasteiger partial charge in [0.15, 0.2) is 5.13 Å². The Morgan fingerprint density at radius 3 is 2.80 bits per heavy atom. The number of carbonyl (C=O) groups excluding carboxylic acids is 1. The number of amides is 1. The molecule has 2 heterocycles. The van der Waals surface area contributed by atoms with Crippen LogP contribution in [0.4, 0.5) is 5.13 Å². The Balaban J connectivity index is 1.73. The molecule has 0 unspecified atom stereocenters. The van der Waals surface area contributed by atoms with Gasteiger partial charge in [0.2, 0.25) is 0 Å². The first-order valence-corrected chi connectivity index (χ1v) is 10.8. The number of ether oxygens (including phenoxy) is 1. The summed E-state index contributed by atoms with van der Waals surface area (Å²) in [6.07, 6.45) is 3.63. The Hall–Kier alpha value is -3.19. The molecule has 4 aromatic rings. The summed E-state index contributed by atoms with van der Waals surface area (Å²) in [5.74, 6) is 0.681. The topological polar surface area (TPSA) is 60.2 Å². The summed E-state index contributed by atoms with van der Waals surface area (Å²) in [5.41, 5.74) is 3.57. The zero-order valence-electron chi connectivity index (χ0n) is 17.3. The first-order chi connectivity index (χ1) is 14.6. The number of hydrogen-bond donors (Lipinski definition) is 0. The molecule has 154 valence electrons. The average Bonchev–Trinajstić information content (AvgIpc) is 3.38. The monoisotopic (exact) mass is 420 g/mol. The fourth-order valence-corrected chi connectivity index (χ4v) is 4.42. The Morgan fingerprint density at radius 2 is 2.07 bits per heavy atom. The highest BCUT2D eigenvalue weighted by atomic mass is 32.1. The molecule has 0 N–H and O–H groups in total. The van der Waals surface area contributed by atoms with Crippen LogP contribution in [0.2, 0.25) is 0 Å². The molecule has 4 rings (SSSR count). The number of para-hydroxylation sites is 1. The maximum Gasteiger partial charge on any atom is 0.260 e. The second kappa shape index (κ2) is 8.67. The van der Waals surface area contributed by atoms with Gasteiger partial charge in [-0.15, -0.1) is 0 Å². The summed E-state index contributed by atoms with van der Waals surface area (Å²) >= 11 is 1.50. The highest BCUT2D eigenvalue weighted by Gasteiger charge is 2.23. The molecule has 0 saturated heterocycles. The van der Waals surface area contributed by atoms with Crippen LogP contribution in [0.5, 0.6) is 5.75 Å². The van der Waals surface area contributed by atoms with Crippen molar-refractivity contribution in [3.63, 3.8) is 0 Å². The smallest absolute Gasteiger partial charge is 0.260 e. The first kappa shape index (κ1) is 20.1. The lowest BCUT2D eigenvalue weighted by Gasteiger charge is -2.21. The maximum absolute atomic E-state index is 13.6. The second-order valence-corrected chi connectivity index (χ2v) is 8.09. The Bertz CT molecular complexity index is 1170. The second-order valence-electron chi connectivity index (χ2n) is 7.08. The molecule has 0 aliphatic carbocycles. The molecule has 0 radical (unpaired) electrons. The van der Waals surface area contributed by atoms with Gasteiger partial charge in [0.05, 0.1) is 17.9 Å². The Kier molecular flexibility index (Phi) is 5.81. The molecule has 0 aliphatic heterocycles. The molecule has 0 fully saturated rings. The lowest BCUT2D eigenvalue weighted by atomic mass is 10.0. The van der Waals surface area contributed by atoms with Gasteiger partial charge >= 0.3 is 0 Å². The number of fused-ring (bicyclic) bond motifs is 1. The van der Waals surface area contributed by atoms with Crippen LogP contribution in [0.1, 0.15) is 28.4 Å². The number of aryl methyl sites for hydroxylation is 2. The van der Waals surface area contributed by atoms with E-state index in [4.69, 9.17) is 9.72 Å². The van der Waals surface area contributed by atoms with Crippen LogP contribution < -0.4 is 9.64 Å². The molecule has 6 nitrogen and oxygen atoms in total. The molecule has 0 saturated carbocycles. The molecular weight excluding hydrogens is 396 g/mol. The minimum absolute atomic E-state index is 0.0586. The Labute approximate surface area is 179 Å². The van der Waals surface area contributed by atoms with Crippen molar-refractivity contribution < 1.29 is 9.53 Å². The lowest BCUT2D eigenvalue weighted by Crippen LogP contribution is -2.34. The fourth-order valence-electron chi connectivity index (χ4n) is 3.42. The summed E-state index contributed by atoms with van der Waals surface area (Å²) in [6, 6.07) is 13.6. The van der Waals surface area contributed by atoms with Crippen LogP contribution in [0.15, 0.2) is 54.9 Å². The highest BCUT2D eigenvalue weighted by Crippen LogP contribution is 2.35. The zero-order valence-corrected chi connectivity index (χ0v) is 18.1. The minimum atomic E-state index is -0.0586. The third-order valence-electron chi connectivity index (χ3n) is 4.87. The van der Waals surface area contributed by atoms with E-state index >= 15 is 0 Å². The van der Waals surface area contributed by atoms with Gasteiger partial charge in [-0.2, -0.15) is 5.10 Å². The van der Waals surface area contributed by atoms with Gasteiger partial charge in [0, 0.05) is 24.5 Å². The Morgan fingerprint density at radius 1 is 1.20 bits per heavy atom. The number of thiazole rings is 1. The van der Waals surface area contributed by atoms with Crippen LogP contribution in [0.25, 0.3) is 10.2 Å². The summed E-state index contributed by atoms with van der Waals surface area (Å²) in [7, 11) is 0. The van der Waals surface area contributed by atoms with Crippen molar-refractivity contribution in [2.75, 3.05) is 18.1 Å². The van der Waals surface area contributed by atoms with E-state index in [0.717, 1.165) is 27.1 Å². The quantitative estimate of drug-likeness (QED) is 0.429. The highest BCUT2D eigenvalue weighted by molar-refractivity contribution is 7.22. The van der Waals surface area contributed by atoms with Gasteiger partial charge in [-0.1, -0.05) is 35.1 Å². The fraction of sp³-hybridized carbons (Fsp3) is 0.261.